The molecule has 0 fully saturated rings. The number of hydrogen-bond donors (Lipinski definition) is 2. The fourth-order valence-corrected chi connectivity index (χ4v) is 1.61. The van der Waals surface area contributed by atoms with Gasteiger partial charge in [0.25, 0.3) is 0 Å². The molecular formula is C13H17F3N2O. The Balaban J connectivity index is 2.85. The first kappa shape index (κ1) is 15.3. The van der Waals surface area contributed by atoms with Crippen LogP contribution in [0, 0.1) is 11.3 Å². The topological polar surface area (TPSA) is 59.1 Å². The van der Waals surface area contributed by atoms with Gasteiger partial charge in [-0.05, 0) is 25.5 Å². The molecule has 0 saturated carbocycles. The molecule has 0 aliphatic heterocycles. The lowest BCUT2D eigenvalue weighted by Crippen LogP contribution is -2.18. The molecule has 1 aromatic rings. The Morgan fingerprint density at radius 3 is 2.47 bits per heavy atom. The third-order valence-corrected chi connectivity index (χ3v) is 2.81. The van der Waals surface area contributed by atoms with Gasteiger partial charge >= 0.3 is 6.18 Å². The standard InChI is InChI=1S/C13H17F3N2O/c1-3-9(8(2)17)7-19-12-5-10(13(14,15)16)4-11(18)6-12/h4-6,9,17H,3,7,18H2,1-2H3/t9-/m1/s1. The van der Waals surface area contributed by atoms with Crippen molar-refractivity contribution in [3.05, 3.63) is 23.8 Å². The maximum atomic E-state index is 12.6. The first-order valence-electron chi connectivity index (χ1n) is 5.89. The van der Waals surface area contributed by atoms with Crippen molar-refractivity contribution in [1.82, 2.24) is 0 Å². The van der Waals surface area contributed by atoms with E-state index in [1.807, 2.05) is 6.92 Å². The number of anilines is 1. The van der Waals surface area contributed by atoms with E-state index in [0.29, 0.717) is 12.1 Å². The van der Waals surface area contributed by atoms with Gasteiger partial charge in [0.05, 0.1) is 12.2 Å². The summed E-state index contributed by atoms with van der Waals surface area (Å²) in [5, 5.41) is 7.52. The fraction of sp³-hybridized carbons (Fsp3) is 0.462. The number of hydrogen-bond acceptors (Lipinski definition) is 3. The minimum absolute atomic E-state index is 0.00412. The summed E-state index contributed by atoms with van der Waals surface area (Å²) >= 11 is 0. The van der Waals surface area contributed by atoms with Crippen LogP contribution in [-0.2, 0) is 6.18 Å². The van der Waals surface area contributed by atoms with Gasteiger partial charge in [-0.1, -0.05) is 6.92 Å². The molecule has 3 nitrogen and oxygen atoms in total. The molecule has 6 heteroatoms. The van der Waals surface area contributed by atoms with Gasteiger partial charge in [0.15, 0.2) is 0 Å². The summed E-state index contributed by atoms with van der Waals surface area (Å²) in [5.41, 5.74) is 5.05. The highest BCUT2D eigenvalue weighted by Crippen LogP contribution is 2.33. The molecule has 106 valence electrons. The zero-order chi connectivity index (χ0) is 14.6. The third kappa shape index (κ3) is 4.46. The Labute approximate surface area is 110 Å². The molecule has 1 rings (SSSR count). The van der Waals surface area contributed by atoms with Crippen LogP contribution in [0.5, 0.6) is 5.75 Å². The van der Waals surface area contributed by atoms with E-state index in [4.69, 9.17) is 15.9 Å². The van der Waals surface area contributed by atoms with E-state index in [1.54, 1.807) is 6.92 Å². The number of nitrogens with two attached hydrogens (primary N) is 1. The summed E-state index contributed by atoms with van der Waals surface area (Å²) < 4.78 is 43.1. The van der Waals surface area contributed by atoms with E-state index < -0.39 is 11.7 Å². The van der Waals surface area contributed by atoms with E-state index in [0.717, 1.165) is 12.1 Å². The summed E-state index contributed by atoms with van der Waals surface area (Å²) in [5.74, 6) is -0.0252. The normalized spacial score (nSPS) is 13.1. The van der Waals surface area contributed by atoms with E-state index >= 15 is 0 Å². The third-order valence-electron chi connectivity index (χ3n) is 2.81. The van der Waals surface area contributed by atoms with Crippen LogP contribution >= 0.6 is 0 Å². The maximum Gasteiger partial charge on any atom is 0.416 e. The molecule has 0 unspecified atom stereocenters. The SMILES string of the molecule is CC[C@H](COc1cc(N)cc(C(F)(F)F)c1)C(C)=N. The highest BCUT2D eigenvalue weighted by Gasteiger charge is 2.31. The molecule has 0 bridgehead atoms. The summed E-state index contributed by atoms with van der Waals surface area (Å²) in [6.07, 6.45) is -3.75. The van der Waals surface area contributed by atoms with Crippen molar-refractivity contribution in [1.29, 1.82) is 5.41 Å². The molecule has 19 heavy (non-hydrogen) atoms. The second-order valence-corrected chi connectivity index (χ2v) is 4.39. The highest BCUT2D eigenvalue weighted by molar-refractivity contribution is 5.81. The van der Waals surface area contributed by atoms with Gasteiger partial charge in [0, 0.05) is 23.4 Å². The zero-order valence-electron chi connectivity index (χ0n) is 10.8. The van der Waals surface area contributed by atoms with Gasteiger partial charge in [0.2, 0.25) is 0 Å². The lowest BCUT2D eigenvalue weighted by atomic mass is 10.0. The molecule has 0 radical (unpaired) electrons. The van der Waals surface area contributed by atoms with Gasteiger partial charge in [-0.15, -0.1) is 0 Å². The number of nitrogen functional groups attached to an aromatic ring is 1. The molecule has 0 saturated heterocycles. The first-order chi connectivity index (χ1) is 8.74. The summed E-state index contributed by atoms with van der Waals surface area (Å²) in [6.45, 7) is 3.72. The molecule has 0 aromatic heterocycles. The van der Waals surface area contributed by atoms with Gasteiger partial charge in [-0.3, -0.25) is 0 Å². The van der Waals surface area contributed by atoms with Crippen molar-refractivity contribution in [2.45, 2.75) is 26.4 Å². The average molecular weight is 274 g/mol. The minimum Gasteiger partial charge on any atom is -0.493 e. The molecule has 0 amide bonds. The molecule has 0 aliphatic carbocycles. The first-order valence-corrected chi connectivity index (χ1v) is 5.89. The average Bonchev–Trinajstić information content (AvgIpc) is 2.27. The Morgan fingerprint density at radius 2 is 2.00 bits per heavy atom. The summed E-state index contributed by atoms with van der Waals surface area (Å²) in [6, 6.07) is 3.13. The quantitative estimate of drug-likeness (QED) is 0.635. The van der Waals surface area contributed by atoms with Crippen molar-refractivity contribution in [2.75, 3.05) is 12.3 Å². The fourth-order valence-electron chi connectivity index (χ4n) is 1.61. The molecule has 1 aromatic carbocycles. The molecule has 3 N–H and O–H groups in total. The van der Waals surface area contributed by atoms with Gasteiger partial charge in [0.1, 0.15) is 5.75 Å². The number of nitrogens with one attached hydrogen (secondary N) is 1. The minimum atomic E-state index is -4.45. The Morgan fingerprint density at radius 1 is 1.37 bits per heavy atom. The van der Waals surface area contributed by atoms with Crippen LogP contribution in [-0.4, -0.2) is 12.3 Å². The number of halogens is 3. The summed E-state index contributed by atoms with van der Waals surface area (Å²) in [7, 11) is 0. The second kappa shape index (κ2) is 5.95. The number of alkyl halides is 3. The smallest absolute Gasteiger partial charge is 0.416 e. The Hall–Kier alpha value is -1.72. The Bertz CT molecular complexity index is 458. The lowest BCUT2D eigenvalue weighted by molar-refractivity contribution is -0.137. The van der Waals surface area contributed by atoms with E-state index in [1.165, 1.54) is 6.07 Å². The van der Waals surface area contributed by atoms with Crippen molar-refractivity contribution >= 4 is 11.4 Å². The van der Waals surface area contributed by atoms with Crippen molar-refractivity contribution in [3.8, 4) is 5.75 Å². The van der Waals surface area contributed by atoms with Crippen molar-refractivity contribution in [2.24, 2.45) is 5.92 Å². The monoisotopic (exact) mass is 274 g/mol. The zero-order valence-corrected chi connectivity index (χ0v) is 10.8. The van der Waals surface area contributed by atoms with Crippen LogP contribution in [0.15, 0.2) is 18.2 Å². The molecular weight excluding hydrogens is 257 g/mol. The molecule has 1 atom stereocenters. The summed E-state index contributed by atoms with van der Waals surface area (Å²) in [4.78, 5) is 0. The van der Waals surface area contributed by atoms with Crippen LogP contribution in [0.3, 0.4) is 0 Å². The second-order valence-electron chi connectivity index (χ2n) is 4.39. The number of benzene rings is 1. The highest BCUT2D eigenvalue weighted by atomic mass is 19.4. The largest absolute Gasteiger partial charge is 0.493 e. The predicted octanol–water partition coefficient (Wildman–Crippen LogP) is 3.73. The maximum absolute atomic E-state index is 12.6. The van der Waals surface area contributed by atoms with Crippen LogP contribution in [0.25, 0.3) is 0 Å². The molecule has 0 spiro atoms. The van der Waals surface area contributed by atoms with Crippen molar-refractivity contribution in [3.63, 3.8) is 0 Å². The number of ether oxygens (including phenoxy) is 1. The Kier molecular flexibility index (Phi) is 4.80. The van der Waals surface area contributed by atoms with E-state index in [2.05, 4.69) is 0 Å². The van der Waals surface area contributed by atoms with Gasteiger partial charge in [-0.25, -0.2) is 0 Å². The lowest BCUT2D eigenvalue weighted by Gasteiger charge is -2.16. The van der Waals surface area contributed by atoms with E-state index in [9.17, 15) is 13.2 Å². The van der Waals surface area contributed by atoms with Gasteiger partial charge < -0.3 is 15.9 Å². The van der Waals surface area contributed by atoms with Crippen LogP contribution in [0.4, 0.5) is 18.9 Å². The number of rotatable bonds is 5. The van der Waals surface area contributed by atoms with Crippen LogP contribution in [0.1, 0.15) is 25.8 Å². The molecule has 0 aliphatic rings. The van der Waals surface area contributed by atoms with Gasteiger partial charge in [-0.2, -0.15) is 13.2 Å². The van der Waals surface area contributed by atoms with Crippen LogP contribution < -0.4 is 10.5 Å². The van der Waals surface area contributed by atoms with Crippen molar-refractivity contribution < 1.29 is 17.9 Å². The van der Waals surface area contributed by atoms with E-state index in [-0.39, 0.29) is 24.0 Å². The predicted molar refractivity (Wildman–Crippen MR) is 68.5 cm³/mol. The van der Waals surface area contributed by atoms with Crippen LogP contribution in [0.2, 0.25) is 0 Å². The molecule has 0 heterocycles.